The molecular formula is C53H35N3O. The van der Waals surface area contributed by atoms with Gasteiger partial charge in [0.15, 0.2) is 5.58 Å². The van der Waals surface area contributed by atoms with Crippen molar-refractivity contribution >= 4 is 54.6 Å². The summed E-state index contributed by atoms with van der Waals surface area (Å²) in [5.41, 5.74) is 16.4. The van der Waals surface area contributed by atoms with Crippen LogP contribution in [0.15, 0.2) is 180 Å². The summed E-state index contributed by atoms with van der Waals surface area (Å²) in [6.07, 6.45) is 0. The highest BCUT2D eigenvalue weighted by molar-refractivity contribution is 6.26. The third kappa shape index (κ3) is 4.62. The van der Waals surface area contributed by atoms with Gasteiger partial charge in [-0.15, -0.1) is 0 Å². The Morgan fingerprint density at radius 1 is 0.474 bits per heavy atom. The highest BCUT2D eigenvalue weighted by atomic mass is 16.3. The fourth-order valence-electron chi connectivity index (χ4n) is 9.47. The molecule has 3 heterocycles. The van der Waals surface area contributed by atoms with Gasteiger partial charge < -0.3 is 4.42 Å². The van der Waals surface area contributed by atoms with E-state index < -0.39 is 0 Å². The zero-order chi connectivity index (χ0) is 37.8. The van der Waals surface area contributed by atoms with Crippen LogP contribution < -0.4 is 0 Å². The Hall–Kier alpha value is -7.30. The SMILES string of the molecule is CC1(C)c2ccccc2-c2ccc(-c3cc4c5ccccc5oc4c4c3c3ccccc3n4-c3nc(-c4ccc(-c5ccccc5)cc4)c4ccccc4n3)cc21. The Kier molecular flexibility index (Phi) is 6.65. The maximum atomic E-state index is 6.88. The lowest BCUT2D eigenvalue weighted by Crippen LogP contribution is -2.14. The first-order valence-corrected chi connectivity index (χ1v) is 19.6. The summed E-state index contributed by atoms with van der Waals surface area (Å²) in [5.74, 6) is 0.603. The molecule has 4 heteroatoms. The van der Waals surface area contributed by atoms with Crippen LogP contribution in [0.5, 0.6) is 0 Å². The second-order valence-corrected chi connectivity index (χ2v) is 15.7. The molecule has 0 spiro atoms. The van der Waals surface area contributed by atoms with E-state index in [0.717, 1.165) is 71.5 Å². The summed E-state index contributed by atoms with van der Waals surface area (Å²) < 4.78 is 9.12. The van der Waals surface area contributed by atoms with Crippen LogP contribution in [0.4, 0.5) is 0 Å². The van der Waals surface area contributed by atoms with Crippen LogP contribution in [0, 0.1) is 0 Å². The zero-order valence-electron chi connectivity index (χ0n) is 31.5. The van der Waals surface area contributed by atoms with Crippen molar-refractivity contribution in [1.82, 2.24) is 14.5 Å². The lowest BCUT2D eigenvalue weighted by molar-refractivity contribution is 0.660. The molecule has 0 bridgehead atoms. The molecule has 1 aliphatic carbocycles. The van der Waals surface area contributed by atoms with E-state index in [1.165, 1.54) is 38.9 Å². The Balaban J connectivity index is 1.16. The molecule has 1 aliphatic rings. The minimum Gasteiger partial charge on any atom is -0.454 e. The van der Waals surface area contributed by atoms with Crippen molar-refractivity contribution in [2.75, 3.05) is 0 Å². The van der Waals surface area contributed by atoms with Crippen molar-refractivity contribution in [2.45, 2.75) is 19.3 Å². The van der Waals surface area contributed by atoms with Gasteiger partial charge in [0.2, 0.25) is 5.95 Å². The second-order valence-electron chi connectivity index (χ2n) is 15.7. The van der Waals surface area contributed by atoms with E-state index in [-0.39, 0.29) is 5.41 Å². The third-order valence-corrected chi connectivity index (χ3v) is 12.2. The molecule has 0 saturated carbocycles. The standard InChI is InChI=1S/C53H35N3O/c1-53(2)43-20-10-6-16-36(43)37-29-28-35(30-44(37)53)41-31-42-38-17-9-13-23-47(38)57-51(42)50-48(41)40-19-8-12-22-46(40)56(50)52-54-45-21-11-7-18-39(45)49(55-52)34-26-24-33(25-27-34)32-14-4-3-5-15-32/h3-31H,1-2H3. The van der Waals surface area contributed by atoms with Gasteiger partial charge in [0.1, 0.15) is 11.1 Å². The topological polar surface area (TPSA) is 43.9 Å². The van der Waals surface area contributed by atoms with E-state index in [1.807, 2.05) is 6.07 Å². The molecule has 0 aliphatic heterocycles. The normalized spacial score (nSPS) is 13.2. The molecule has 268 valence electrons. The number of benzene rings is 8. The van der Waals surface area contributed by atoms with Gasteiger partial charge in [0.25, 0.3) is 0 Å². The summed E-state index contributed by atoms with van der Waals surface area (Å²) >= 11 is 0. The number of fused-ring (bicyclic) bond motifs is 11. The van der Waals surface area contributed by atoms with Crippen molar-refractivity contribution in [3.05, 3.63) is 187 Å². The molecule has 0 amide bonds. The predicted octanol–water partition coefficient (Wildman–Crippen LogP) is 13.9. The molecule has 11 aromatic rings. The van der Waals surface area contributed by atoms with Gasteiger partial charge in [0, 0.05) is 37.9 Å². The Labute approximate surface area is 329 Å². The van der Waals surface area contributed by atoms with Gasteiger partial charge in [-0.1, -0.05) is 159 Å². The molecule has 0 radical (unpaired) electrons. The summed E-state index contributed by atoms with van der Waals surface area (Å²) in [7, 11) is 0. The fraction of sp³-hybridized carbons (Fsp3) is 0.0566. The number of rotatable bonds is 4. The summed E-state index contributed by atoms with van der Waals surface area (Å²) in [6.45, 7) is 4.69. The molecule has 0 unspecified atom stereocenters. The van der Waals surface area contributed by atoms with Crippen molar-refractivity contribution < 1.29 is 4.42 Å². The van der Waals surface area contributed by atoms with Crippen LogP contribution >= 0.6 is 0 Å². The molecule has 12 rings (SSSR count). The number of aromatic nitrogens is 3. The quantitative estimate of drug-likeness (QED) is 0.181. The van der Waals surface area contributed by atoms with Gasteiger partial charge in [-0.25, -0.2) is 9.97 Å². The average molecular weight is 730 g/mol. The number of para-hydroxylation sites is 3. The number of furan rings is 1. The van der Waals surface area contributed by atoms with Crippen LogP contribution in [0.25, 0.3) is 105 Å². The van der Waals surface area contributed by atoms with Crippen LogP contribution in [0.1, 0.15) is 25.0 Å². The number of hydrogen-bond donors (Lipinski definition) is 0. The molecule has 8 aromatic carbocycles. The van der Waals surface area contributed by atoms with E-state index in [0.29, 0.717) is 5.95 Å². The smallest absolute Gasteiger partial charge is 0.235 e. The molecule has 0 atom stereocenters. The first kappa shape index (κ1) is 32.0. The Morgan fingerprint density at radius 3 is 1.98 bits per heavy atom. The zero-order valence-corrected chi connectivity index (χ0v) is 31.5. The molecular weight excluding hydrogens is 695 g/mol. The van der Waals surface area contributed by atoms with E-state index in [9.17, 15) is 0 Å². The van der Waals surface area contributed by atoms with Gasteiger partial charge in [-0.05, 0) is 74.8 Å². The molecule has 0 N–H and O–H groups in total. The fourth-order valence-corrected chi connectivity index (χ4v) is 9.47. The maximum Gasteiger partial charge on any atom is 0.235 e. The summed E-state index contributed by atoms with van der Waals surface area (Å²) in [6, 6.07) is 62.8. The van der Waals surface area contributed by atoms with Gasteiger partial charge in [-0.2, -0.15) is 0 Å². The predicted molar refractivity (Wildman–Crippen MR) is 235 cm³/mol. The van der Waals surface area contributed by atoms with Gasteiger partial charge in [0.05, 0.1) is 16.7 Å². The number of nitrogens with zero attached hydrogens (tertiary/aromatic N) is 3. The molecule has 0 fully saturated rings. The van der Waals surface area contributed by atoms with E-state index >= 15 is 0 Å². The first-order valence-electron chi connectivity index (χ1n) is 19.6. The van der Waals surface area contributed by atoms with E-state index in [2.05, 4.69) is 188 Å². The minimum absolute atomic E-state index is 0.129. The highest BCUT2D eigenvalue weighted by Crippen LogP contribution is 2.51. The van der Waals surface area contributed by atoms with Gasteiger partial charge >= 0.3 is 0 Å². The second kappa shape index (κ2) is 11.8. The largest absolute Gasteiger partial charge is 0.454 e. The molecule has 57 heavy (non-hydrogen) atoms. The molecule has 3 aromatic heterocycles. The summed E-state index contributed by atoms with van der Waals surface area (Å²) in [4.78, 5) is 10.8. The lowest BCUT2D eigenvalue weighted by Gasteiger charge is -2.22. The van der Waals surface area contributed by atoms with Gasteiger partial charge in [-0.3, -0.25) is 4.57 Å². The number of hydrogen-bond acceptors (Lipinski definition) is 3. The van der Waals surface area contributed by atoms with E-state index in [4.69, 9.17) is 14.4 Å². The monoisotopic (exact) mass is 729 g/mol. The van der Waals surface area contributed by atoms with Crippen LogP contribution in [-0.4, -0.2) is 14.5 Å². The maximum absolute atomic E-state index is 6.88. The van der Waals surface area contributed by atoms with Crippen LogP contribution in [0.2, 0.25) is 0 Å². The van der Waals surface area contributed by atoms with Crippen molar-refractivity contribution in [2.24, 2.45) is 0 Å². The molecule has 4 nitrogen and oxygen atoms in total. The Bertz CT molecular complexity index is 3420. The summed E-state index contributed by atoms with van der Waals surface area (Å²) in [5, 5.41) is 5.40. The average Bonchev–Trinajstić information content (AvgIpc) is 3.89. The first-order chi connectivity index (χ1) is 28.0. The minimum atomic E-state index is -0.129. The van der Waals surface area contributed by atoms with Crippen LogP contribution in [0.3, 0.4) is 0 Å². The van der Waals surface area contributed by atoms with Crippen molar-refractivity contribution in [3.8, 4) is 50.6 Å². The van der Waals surface area contributed by atoms with Crippen molar-refractivity contribution in [3.63, 3.8) is 0 Å². The van der Waals surface area contributed by atoms with E-state index in [1.54, 1.807) is 0 Å². The molecule has 0 saturated heterocycles. The lowest BCUT2D eigenvalue weighted by atomic mass is 9.81. The highest BCUT2D eigenvalue weighted by Gasteiger charge is 2.35. The van der Waals surface area contributed by atoms with Crippen molar-refractivity contribution in [1.29, 1.82) is 0 Å². The Morgan fingerprint density at radius 2 is 1.12 bits per heavy atom. The van der Waals surface area contributed by atoms with Crippen LogP contribution in [-0.2, 0) is 5.41 Å². The third-order valence-electron chi connectivity index (χ3n) is 12.2.